The molecule has 248 valence electrons. The highest BCUT2D eigenvalue weighted by Crippen LogP contribution is 2.32. The van der Waals surface area contributed by atoms with Crippen LogP contribution in [0.4, 0.5) is 5.69 Å². The predicted octanol–water partition coefficient (Wildman–Crippen LogP) is 6.11. The molecule has 0 saturated heterocycles. The van der Waals surface area contributed by atoms with Crippen molar-refractivity contribution in [2.45, 2.75) is 50.2 Å². The van der Waals surface area contributed by atoms with Gasteiger partial charge in [-0.2, -0.15) is 0 Å². The maximum Gasteiger partial charge on any atom is 0.264 e. The third kappa shape index (κ3) is 9.05. The first-order chi connectivity index (χ1) is 22.6. The van der Waals surface area contributed by atoms with Gasteiger partial charge >= 0.3 is 0 Å². The Balaban J connectivity index is 1.81. The van der Waals surface area contributed by atoms with Gasteiger partial charge in [0.25, 0.3) is 10.0 Å². The zero-order valence-electron chi connectivity index (χ0n) is 26.9. The number of methoxy groups -OCH3 is 2. The molecule has 2 atom stereocenters. The zero-order valence-corrected chi connectivity index (χ0v) is 28.5. The molecule has 0 saturated carbocycles. The summed E-state index contributed by atoms with van der Waals surface area (Å²) in [5.74, 6) is -0.312. The molecule has 0 radical (unpaired) electrons. The van der Waals surface area contributed by atoms with Crippen molar-refractivity contribution < 1.29 is 27.5 Å². The van der Waals surface area contributed by atoms with E-state index >= 15 is 0 Å². The first-order valence-electron chi connectivity index (χ1n) is 15.2. The lowest BCUT2D eigenvalue weighted by molar-refractivity contribution is -0.140. The first kappa shape index (κ1) is 35.3. The van der Waals surface area contributed by atoms with Crippen molar-refractivity contribution in [1.29, 1.82) is 0 Å². The third-order valence-electron chi connectivity index (χ3n) is 7.80. The van der Waals surface area contributed by atoms with Crippen LogP contribution >= 0.6 is 11.6 Å². The maximum atomic E-state index is 14.6. The Kier molecular flexibility index (Phi) is 12.3. The number of ether oxygens (including phenoxy) is 2. The van der Waals surface area contributed by atoms with Gasteiger partial charge in [-0.3, -0.25) is 13.9 Å². The van der Waals surface area contributed by atoms with Crippen LogP contribution in [-0.2, 0) is 32.6 Å². The number of hydrogen-bond donors (Lipinski definition) is 1. The van der Waals surface area contributed by atoms with Crippen LogP contribution in [0.3, 0.4) is 0 Å². The summed E-state index contributed by atoms with van der Waals surface area (Å²) in [6.45, 7) is 3.33. The number of nitrogens with zero attached hydrogens (tertiary/aromatic N) is 2. The van der Waals surface area contributed by atoms with Crippen LogP contribution in [0.1, 0.15) is 31.4 Å². The molecule has 0 heterocycles. The number of rotatable bonds is 15. The molecule has 4 aromatic rings. The largest absolute Gasteiger partial charge is 0.493 e. The third-order valence-corrected chi connectivity index (χ3v) is 9.83. The molecule has 0 aromatic heterocycles. The molecule has 1 N–H and O–H groups in total. The summed E-state index contributed by atoms with van der Waals surface area (Å²) in [5, 5.41) is 3.56. The average molecular weight is 678 g/mol. The number of halogens is 1. The van der Waals surface area contributed by atoms with Crippen molar-refractivity contribution in [1.82, 2.24) is 10.2 Å². The second kappa shape index (κ2) is 16.3. The number of benzene rings is 4. The minimum atomic E-state index is -4.31. The van der Waals surface area contributed by atoms with Crippen LogP contribution in [0.15, 0.2) is 108 Å². The fourth-order valence-electron chi connectivity index (χ4n) is 5.01. The standard InChI is InChI=1S/C36H40ClN3O6S/c1-5-26(2)38-36(42)32(22-27-12-8-6-9-13-27)39(24-28-16-18-29(37)19-17-28)35(41)25-40(30-14-10-7-11-15-30)47(43,44)31-20-21-33(45-3)34(23-31)46-4/h6-21,23,26,32H,5,22,24-25H2,1-4H3,(H,38,42)/t26-,32-/m1/s1. The predicted molar refractivity (Wildman–Crippen MR) is 184 cm³/mol. The monoisotopic (exact) mass is 677 g/mol. The van der Waals surface area contributed by atoms with Gasteiger partial charge in [0.2, 0.25) is 11.8 Å². The minimum Gasteiger partial charge on any atom is -0.493 e. The molecule has 0 spiro atoms. The fourth-order valence-corrected chi connectivity index (χ4v) is 6.56. The Hall–Kier alpha value is -4.54. The van der Waals surface area contributed by atoms with E-state index in [2.05, 4.69) is 5.32 Å². The van der Waals surface area contributed by atoms with Gasteiger partial charge in [0, 0.05) is 30.1 Å². The molecule has 11 heteroatoms. The lowest BCUT2D eigenvalue weighted by Crippen LogP contribution is -2.54. The molecule has 4 aromatic carbocycles. The van der Waals surface area contributed by atoms with Crippen molar-refractivity contribution in [3.63, 3.8) is 0 Å². The Morgan fingerprint density at radius 3 is 2.04 bits per heavy atom. The number of nitrogens with one attached hydrogen (secondary N) is 1. The number of carbonyl (C=O) groups is 2. The average Bonchev–Trinajstić information content (AvgIpc) is 3.09. The fraction of sp³-hybridized carbons (Fsp3) is 0.278. The van der Waals surface area contributed by atoms with Crippen molar-refractivity contribution in [2.24, 2.45) is 0 Å². The van der Waals surface area contributed by atoms with Gasteiger partial charge in [0.05, 0.1) is 24.8 Å². The molecule has 0 bridgehead atoms. The molecule has 9 nitrogen and oxygen atoms in total. The van der Waals surface area contributed by atoms with Gasteiger partial charge in [0.1, 0.15) is 12.6 Å². The number of carbonyl (C=O) groups excluding carboxylic acids is 2. The smallest absolute Gasteiger partial charge is 0.264 e. The van der Waals surface area contributed by atoms with E-state index < -0.39 is 28.5 Å². The van der Waals surface area contributed by atoms with Gasteiger partial charge in [-0.15, -0.1) is 0 Å². The second-order valence-electron chi connectivity index (χ2n) is 11.0. The molecular weight excluding hydrogens is 638 g/mol. The van der Waals surface area contributed by atoms with E-state index in [1.54, 1.807) is 54.6 Å². The van der Waals surface area contributed by atoms with Crippen LogP contribution in [0, 0.1) is 0 Å². The summed E-state index contributed by atoms with van der Waals surface area (Å²) in [6, 6.07) is 28.0. The molecular formula is C36H40ClN3O6S. The summed E-state index contributed by atoms with van der Waals surface area (Å²) < 4.78 is 40.3. The van der Waals surface area contributed by atoms with Crippen molar-refractivity contribution >= 4 is 39.1 Å². The van der Waals surface area contributed by atoms with E-state index in [-0.39, 0.29) is 41.2 Å². The van der Waals surface area contributed by atoms with Crippen molar-refractivity contribution in [3.8, 4) is 11.5 Å². The first-order valence-corrected chi connectivity index (χ1v) is 17.1. The van der Waals surface area contributed by atoms with Crippen molar-refractivity contribution in [3.05, 3.63) is 119 Å². The Morgan fingerprint density at radius 1 is 0.830 bits per heavy atom. The summed E-state index contributed by atoms with van der Waals surface area (Å²) in [6.07, 6.45) is 0.913. The highest BCUT2D eigenvalue weighted by Gasteiger charge is 2.35. The van der Waals surface area contributed by atoms with Crippen LogP contribution in [0.25, 0.3) is 0 Å². The van der Waals surface area contributed by atoms with Crippen LogP contribution in [-0.4, -0.2) is 58.0 Å². The molecule has 0 unspecified atom stereocenters. The van der Waals surface area contributed by atoms with Crippen LogP contribution < -0.4 is 19.1 Å². The molecule has 0 aliphatic heterocycles. The number of para-hydroxylation sites is 1. The molecule has 4 rings (SSSR count). The van der Waals surface area contributed by atoms with Crippen LogP contribution in [0.5, 0.6) is 11.5 Å². The number of sulfonamides is 1. The highest BCUT2D eigenvalue weighted by molar-refractivity contribution is 7.92. The summed E-state index contributed by atoms with van der Waals surface area (Å²) in [7, 11) is -1.44. The topological polar surface area (TPSA) is 105 Å². The summed E-state index contributed by atoms with van der Waals surface area (Å²) >= 11 is 6.16. The number of hydrogen-bond acceptors (Lipinski definition) is 6. The molecule has 0 aliphatic rings. The Morgan fingerprint density at radius 2 is 1.45 bits per heavy atom. The molecule has 2 amide bonds. The Labute approximate surface area is 282 Å². The van der Waals surface area contributed by atoms with E-state index in [4.69, 9.17) is 21.1 Å². The quantitative estimate of drug-likeness (QED) is 0.163. The van der Waals surface area contributed by atoms with Crippen molar-refractivity contribution in [2.75, 3.05) is 25.1 Å². The van der Waals surface area contributed by atoms with E-state index in [1.165, 1.54) is 37.3 Å². The van der Waals surface area contributed by atoms with Gasteiger partial charge in [-0.25, -0.2) is 8.42 Å². The summed E-state index contributed by atoms with van der Waals surface area (Å²) in [4.78, 5) is 29.8. The summed E-state index contributed by atoms with van der Waals surface area (Å²) in [5.41, 5.74) is 1.86. The molecule has 47 heavy (non-hydrogen) atoms. The highest BCUT2D eigenvalue weighted by atomic mass is 35.5. The van der Waals surface area contributed by atoms with E-state index in [9.17, 15) is 18.0 Å². The second-order valence-corrected chi connectivity index (χ2v) is 13.3. The number of anilines is 1. The lowest BCUT2D eigenvalue weighted by atomic mass is 10.0. The SMILES string of the molecule is CC[C@@H](C)NC(=O)[C@@H](Cc1ccccc1)N(Cc1ccc(Cl)cc1)C(=O)CN(c1ccccc1)S(=O)(=O)c1ccc(OC)c(OC)c1. The zero-order chi connectivity index (χ0) is 34.0. The minimum absolute atomic E-state index is 0.0421. The van der Waals surface area contributed by atoms with Gasteiger partial charge in [0.15, 0.2) is 11.5 Å². The Bertz CT molecular complexity index is 1740. The van der Waals surface area contributed by atoms with E-state index in [1.807, 2.05) is 44.2 Å². The van der Waals surface area contributed by atoms with Gasteiger partial charge in [-0.1, -0.05) is 79.2 Å². The normalized spacial score (nSPS) is 12.4. The molecule has 0 aliphatic carbocycles. The van der Waals surface area contributed by atoms with E-state index in [0.29, 0.717) is 17.2 Å². The molecule has 0 fully saturated rings. The van der Waals surface area contributed by atoms with Crippen LogP contribution in [0.2, 0.25) is 5.02 Å². The van der Waals surface area contributed by atoms with E-state index in [0.717, 1.165) is 15.4 Å². The van der Waals surface area contributed by atoms with Gasteiger partial charge < -0.3 is 19.7 Å². The lowest BCUT2D eigenvalue weighted by Gasteiger charge is -2.34. The maximum absolute atomic E-state index is 14.6. The van der Waals surface area contributed by atoms with Gasteiger partial charge in [-0.05, 0) is 60.9 Å². The number of amides is 2.